The molecule has 0 saturated carbocycles. The van der Waals surface area contributed by atoms with Crippen LogP contribution in [0.1, 0.15) is 44.6 Å². The Bertz CT molecular complexity index is 1040. The molecule has 0 N–H and O–H groups in total. The second-order valence-electron chi connectivity index (χ2n) is 7.63. The Morgan fingerprint density at radius 3 is 2.37 bits per heavy atom. The van der Waals surface area contributed by atoms with Gasteiger partial charge in [0.25, 0.3) is 0 Å². The molecule has 0 aliphatic rings. The predicted molar refractivity (Wildman–Crippen MR) is 111 cm³/mol. The van der Waals surface area contributed by atoms with E-state index in [1.54, 1.807) is 6.26 Å². The van der Waals surface area contributed by atoms with Gasteiger partial charge >= 0.3 is 0 Å². The predicted octanol–water partition coefficient (Wildman–Crippen LogP) is 5.49. The summed E-state index contributed by atoms with van der Waals surface area (Å²) in [6.45, 7) is 13.1. The zero-order valence-corrected chi connectivity index (χ0v) is 16.5. The van der Waals surface area contributed by atoms with E-state index in [-0.39, 0.29) is 5.41 Å². The maximum absolute atomic E-state index is 5.66. The van der Waals surface area contributed by atoms with Gasteiger partial charge in [0.2, 0.25) is 0 Å². The molecule has 3 heteroatoms. The quantitative estimate of drug-likeness (QED) is 0.568. The van der Waals surface area contributed by atoms with E-state index < -0.39 is 0 Å². The molecule has 0 atom stereocenters. The number of aryl methyl sites for hydroxylation is 1. The lowest BCUT2D eigenvalue weighted by Crippen LogP contribution is -2.28. The summed E-state index contributed by atoms with van der Waals surface area (Å²) in [5, 5.41) is 11.1. The molecule has 0 spiro atoms. The number of azo groups is 1. The van der Waals surface area contributed by atoms with E-state index in [4.69, 9.17) is 4.42 Å². The fourth-order valence-corrected chi connectivity index (χ4v) is 3.12. The molecule has 0 radical (unpaired) electrons. The molecule has 2 aromatic carbocycles. The molecule has 3 aromatic rings. The maximum atomic E-state index is 5.66. The Morgan fingerprint density at radius 2 is 1.78 bits per heavy atom. The minimum atomic E-state index is -0.0120. The second-order valence-corrected chi connectivity index (χ2v) is 7.63. The molecular formula is C24H26N2O. The van der Waals surface area contributed by atoms with Gasteiger partial charge in [-0.1, -0.05) is 52.5 Å². The third kappa shape index (κ3) is 4.25. The minimum absolute atomic E-state index is 0.0120. The van der Waals surface area contributed by atoms with Gasteiger partial charge in [0.05, 0.1) is 12.0 Å². The van der Waals surface area contributed by atoms with E-state index in [1.165, 1.54) is 11.1 Å². The Balaban J connectivity index is 2.29. The van der Waals surface area contributed by atoms with Crippen molar-refractivity contribution in [2.45, 2.75) is 39.5 Å². The van der Waals surface area contributed by atoms with Crippen molar-refractivity contribution in [3.05, 3.63) is 88.2 Å². The summed E-state index contributed by atoms with van der Waals surface area (Å²) in [5.41, 5.74) is 3.96. The van der Waals surface area contributed by atoms with Crippen molar-refractivity contribution < 1.29 is 4.42 Å². The molecule has 0 fully saturated rings. The van der Waals surface area contributed by atoms with Crippen LogP contribution >= 0.6 is 0 Å². The number of rotatable bonds is 4. The fraction of sp³-hybridized carbons (Fsp3) is 0.250. The molecular weight excluding hydrogens is 332 g/mol. The smallest absolute Gasteiger partial charge is 0.154 e. The molecule has 1 heterocycles. The third-order valence-electron chi connectivity index (χ3n) is 4.58. The summed E-state index contributed by atoms with van der Waals surface area (Å²) >= 11 is 0. The van der Waals surface area contributed by atoms with Gasteiger partial charge in [-0.05, 0) is 64.6 Å². The lowest BCUT2D eigenvalue weighted by molar-refractivity contribution is 0.550. The summed E-state index contributed by atoms with van der Waals surface area (Å²) in [5.74, 6) is 0.702. The highest BCUT2D eigenvalue weighted by molar-refractivity contribution is 5.61. The Kier molecular flexibility index (Phi) is 5.41. The van der Waals surface area contributed by atoms with Crippen LogP contribution in [0.25, 0.3) is 12.3 Å². The summed E-state index contributed by atoms with van der Waals surface area (Å²) in [4.78, 5) is 0. The molecule has 0 unspecified atom stereocenters. The normalized spacial score (nSPS) is 13.2. The van der Waals surface area contributed by atoms with Crippen molar-refractivity contribution in [3.63, 3.8) is 0 Å². The fourth-order valence-electron chi connectivity index (χ4n) is 3.12. The molecule has 3 nitrogen and oxygen atoms in total. The Labute approximate surface area is 160 Å². The minimum Gasteiger partial charge on any atom is -0.463 e. The van der Waals surface area contributed by atoms with Crippen molar-refractivity contribution in [2.75, 3.05) is 0 Å². The van der Waals surface area contributed by atoms with Crippen molar-refractivity contribution in [1.29, 1.82) is 0 Å². The summed E-state index contributed by atoms with van der Waals surface area (Å²) < 4.78 is 5.66. The van der Waals surface area contributed by atoms with Crippen molar-refractivity contribution in [3.8, 4) is 0 Å². The van der Waals surface area contributed by atoms with Crippen LogP contribution in [0.15, 0.2) is 75.5 Å². The topological polar surface area (TPSA) is 37.9 Å². The number of hydrogen-bond donors (Lipinski definition) is 0. The van der Waals surface area contributed by atoms with E-state index >= 15 is 0 Å². The van der Waals surface area contributed by atoms with E-state index in [9.17, 15) is 0 Å². The largest absolute Gasteiger partial charge is 0.463 e. The maximum Gasteiger partial charge on any atom is 0.154 e. The highest BCUT2D eigenvalue weighted by atomic mass is 16.3. The van der Waals surface area contributed by atoms with Crippen LogP contribution in [-0.4, -0.2) is 0 Å². The monoisotopic (exact) mass is 358 g/mol. The van der Waals surface area contributed by atoms with Gasteiger partial charge in [0, 0.05) is 5.22 Å². The summed E-state index contributed by atoms with van der Waals surface area (Å²) in [7, 11) is 0. The lowest BCUT2D eigenvalue weighted by Gasteiger charge is -2.21. The standard InChI is InChI=1S/C24H26N2O/c1-6-18-15-19(16-21(17(18)2)24(3,4)5)23(22-13-10-14-27-22)26-25-20-11-8-7-9-12-20/h7-16H,2,6H2,1,3-5H3/b23-19+,26-25?. The molecule has 1 aromatic heterocycles. The SMILES string of the molecule is C=c1c(CC)c/c(=C(\N=Nc2ccccc2)c2ccco2)cc1C(C)(C)C. The lowest BCUT2D eigenvalue weighted by atomic mass is 9.83. The Morgan fingerprint density at radius 1 is 1.04 bits per heavy atom. The average molecular weight is 358 g/mol. The molecule has 138 valence electrons. The van der Waals surface area contributed by atoms with Crippen LogP contribution in [0, 0.1) is 0 Å². The first-order valence-electron chi connectivity index (χ1n) is 9.27. The van der Waals surface area contributed by atoms with Gasteiger partial charge in [0.15, 0.2) is 5.76 Å². The van der Waals surface area contributed by atoms with E-state index in [0.29, 0.717) is 5.76 Å². The zero-order chi connectivity index (χ0) is 19.4. The molecule has 0 saturated heterocycles. The van der Waals surface area contributed by atoms with Crippen molar-refractivity contribution in [2.24, 2.45) is 10.2 Å². The second kappa shape index (κ2) is 7.75. The highest BCUT2D eigenvalue weighted by Gasteiger charge is 2.17. The van der Waals surface area contributed by atoms with Crippen LogP contribution in [0.5, 0.6) is 0 Å². The number of furan rings is 1. The number of benzene rings is 2. The third-order valence-corrected chi connectivity index (χ3v) is 4.58. The zero-order valence-electron chi connectivity index (χ0n) is 16.5. The average Bonchev–Trinajstić information content (AvgIpc) is 3.17. The van der Waals surface area contributed by atoms with Crippen molar-refractivity contribution in [1.82, 2.24) is 0 Å². The molecule has 0 aliphatic heterocycles. The number of nitrogens with zero attached hydrogens (tertiary/aromatic N) is 2. The first-order valence-corrected chi connectivity index (χ1v) is 9.27. The highest BCUT2D eigenvalue weighted by Crippen LogP contribution is 2.21. The molecule has 3 rings (SSSR count). The molecule has 0 bridgehead atoms. The first-order chi connectivity index (χ1) is 12.9. The van der Waals surface area contributed by atoms with Crippen LogP contribution < -0.4 is 10.4 Å². The molecule has 0 amide bonds. The van der Waals surface area contributed by atoms with Gasteiger partial charge in [-0.2, -0.15) is 5.11 Å². The van der Waals surface area contributed by atoms with Gasteiger partial charge in [-0.25, -0.2) is 0 Å². The van der Waals surface area contributed by atoms with Gasteiger partial charge in [0.1, 0.15) is 5.70 Å². The van der Waals surface area contributed by atoms with Crippen LogP contribution in [0.2, 0.25) is 0 Å². The molecule has 27 heavy (non-hydrogen) atoms. The van der Waals surface area contributed by atoms with Crippen LogP contribution in [0.3, 0.4) is 0 Å². The van der Waals surface area contributed by atoms with Crippen LogP contribution in [0.4, 0.5) is 5.69 Å². The molecule has 0 aliphatic carbocycles. The van der Waals surface area contributed by atoms with Gasteiger partial charge in [-0.3, -0.25) is 0 Å². The van der Waals surface area contributed by atoms with Gasteiger partial charge < -0.3 is 4.42 Å². The van der Waals surface area contributed by atoms with E-state index in [1.807, 2.05) is 42.5 Å². The first kappa shape index (κ1) is 18.8. The van der Waals surface area contributed by atoms with Crippen molar-refractivity contribution >= 4 is 18.0 Å². The number of hydrogen-bond acceptors (Lipinski definition) is 3. The summed E-state index contributed by atoms with van der Waals surface area (Å²) in [6.07, 6.45) is 2.57. The van der Waals surface area contributed by atoms with E-state index in [2.05, 4.69) is 56.6 Å². The summed E-state index contributed by atoms with van der Waals surface area (Å²) in [6, 6.07) is 17.8. The van der Waals surface area contributed by atoms with E-state index in [0.717, 1.165) is 28.2 Å². The van der Waals surface area contributed by atoms with Crippen LogP contribution in [-0.2, 0) is 11.8 Å². The van der Waals surface area contributed by atoms with Gasteiger partial charge in [-0.15, -0.1) is 5.11 Å². The Hall–Kier alpha value is -2.94.